The van der Waals surface area contributed by atoms with Gasteiger partial charge in [0, 0.05) is 13.0 Å². The lowest BCUT2D eigenvalue weighted by Gasteiger charge is -2.38. The maximum Gasteiger partial charge on any atom is 0.290 e. The molecule has 5 nitrogen and oxygen atoms in total. The summed E-state index contributed by atoms with van der Waals surface area (Å²) >= 11 is 0. The van der Waals surface area contributed by atoms with Crippen LogP contribution in [0.15, 0.2) is 0 Å². The third kappa shape index (κ3) is 2.84. The van der Waals surface area contributed by atoms with Gasteiger partial charge < -0.3 is 5.32 Å². The molecule has 1 aromatic heterocycles. The highest BCUT2D eigenvalue weighted by Gasteiger charge is 2.32. The van der Waals surface area contributed by atoms with Crippen LogP contribution in [-0.4, -0.2) is 27.6 Å². The molecule has 1 fully saturated rings. The van der Waals surface area contributed by atoms with Crippen LogP contribution in [0.25, 0.3) is 0 Å². The van der Waals surface area contributed by atoms with E-state index in [1.807, 2.05) is 0 Å². The van der Waals surface area contributed by atoms with E-state index in [9.17, 15) is 4.79 Å². The van der Waals surface area contributed by atoms with Gasteiger partial charge in [-0.15, -0.1) is 5.10 Å². The van der Waals surface area contributed by atoms with E-state index < -0.39 is 0 Å². The average molecular weight is 236 g/mol. The van der Waals surface area contributed by atoms with Gasteiger partial charge in [-0.2, -0.15) is 0 Å². The van der Waals surface area contributed by atoms with E-state index in [0.717, 1.165) is 25.2 Å². The van der Waals surface area contributed by atoms with Gasteiger partial charge in [-0.25, -0.2) is 4.98 Å². The van der Waals surface area contributed by atoms with Crippen molar-refractivity contribution in [1.29, 1.82) is 0 Å². The second-order valence-electron chi connectivity index (χ2n) is 5.20. The topological polar surface area (TPSA) is 70.7 Å². The molecule has 1 aliphatic rings. The molecule has 0 radical (unpaired) electrons. The highest BCUT2D eigenvalue weighted by atomic mass is 16.2. The van der Waals surface area contributed by atoms with Crippen LogP contribution in [0.2, 0.25) is 0 Å². The highest BCUT2D eigenvalue weighted by molar-refractivity contribution is 5.90. The number of aromatic amines is 1. The number of aryl methyl sites for hydroxylation is 1. The molecule has 0 aliphatic heterocycles. The Morgan fingerprint density at radius 1 is 1.53 bits per heavy atom. The van der Waals surface area contributed by atoms with Crippen molar-refractivity contribution >= 4 is 5.91 Å². The first-order valence-electron chi connectivity index (χ1n) is 6.32. The van der Waals surface area contributed by atoms with Crippen molar-refractivity contribution < 1.29 is 4.79 Å². The highest BCUT2D eigenvalue weighted by Crippen LogP contribution is 2.39. The first-order valence-corrected chi connectivity index (χ1v) is 6.32. The molecule has 0 atom stereocenters. The Morgan fingerprint density at radius 3 is 2.88 bits per heavy atom. The fraction of sp³-hybridized carbons (Fsp3) is 0.750. The third-order valence-corrected chi connectivity index (χ3v) is 3.46. The van der Waals surface area contributed by atoms with Crippen molar-refractivity contribution in [2.45, 2.75) is 46.0 Å². The van der Waals surface area contributed by atoms with Crippen LogP contribution in [0.1, 0.15) is 56.0 Å². The molecule has 0 bridgehead atoms. The van der Waals surface area contributed by atoms with Gasteiger partial charge in [-0.05, 0) is 24.7 Å². The normalized spacial score (nSPS) is 17.5. The van der Waals surface area contributed by atoms with E-state index in [1.54, 1.807) is 0 Å². The third-order valence-electron chi connectivity index (χ3n) is 3.46. The smallest absolute Gasteiger partial charge is 0.290 e. The summed E-state index contributed by atoms with van der Waals surface area (Å²) in [5.41, 5.74) is 0.290. The Hall–Kier alpha value is -1.39. The van der Waals surface area contributed by atoms with Gasteiger partial charge in [-0.3, -0.25) is 9.89 Å². The predicted molar refractivity (Wildman–Crippen MR) is 64.7 cm³/mol. The van der Waals surface area contributed by atoms with E-state index in [0.29, 0.717) is 0 Å². The van der Waals surface area contributed by atoms with E-state index in [1.165, 1.54) is 19.3 Å². The van der Waals surface area contributed by atoms with Crippen molar-refractivity contribution in [3.63, 3.8) is 0 Å². The van der Waals surface area contributed by atoms with Gasteiger partial charge >= 0.3 is 0 Å². The minimum absolute atomic E-state index is 0.170. The summed E-state index contributed by atoms with van der Waals surface area (Å²) in [4.78, 5) is 16.0. The Balaban J connectivity index is 1.85. The number of rotatable bonds is 5. The molecule has 94 valence electrons. The molecule has 2 N–H and O–H groups in total. The van der Waals surface area contributed by atoms with E-state index >= 15 is 0 Å². The summed E-state index contributed by atoms with van der Waals surface area (Å²) in [6.07, 6.45) is 5.49. The molecule has 2 rings (SSSR count). The van der Waals surface area contributed by atoms with Gasteiger partial charge in [0.25, 0.3) is 5.91 Å². The lowest BCUT2D eigenvalue weighted by molar-refractivity contribution is 0.0881. The molecular weight excluding hydrogens is 216 g/mol. The second kappa shape index (κ2) is 4.85. The molecule has 0 unspecified atom stereocenters. The molecule has 5 heteroatoms. The van der Waals surface area contributed by atoms with Crippen LogP contribution < -0.4 is 5.32 Å². The van der Waals surface area contributed by atoms with Crippen LogP contribution in [-0.2, 0) is 6.42 Å². The first-order chi connectivity index (χ1) is 8.13. The van der Waals surface area contributed by atoms with Gasteiger partial charge in [0.1, 0.15) is 5.82 Å². The number of nitrogens with one attached hydrogen (secondary N) is 2. The van der Waals surface area contributed by atoms with Crippen molar-refractivity contribution in [3.8, 4) is 0 Å². The van der Waals surface area contributed by atoms with E-state index in [-0.39, 0.29) is 17.1 Å². The number of hydrogen-bond donors (Lipinski definition) is 2. The zero-order chi connectivity index (χ0) is 12.3. The number of hydrogen-bond acceptors (Lipinski definition) is 3. The molecule has 0 saturated heterocycles. The molecule has 0 aromatic carbocycles. The SMILES string of the molecule is CCCc1nc(C(=O)NCC2(C)CCC2)n[nH]1. The lowest BCUT2D eigenvalue weighted by Crippen LogP contribution is -2.40. The summed E-state index contributed by atoms with van der Waals surface area (Å²) in [5, 5.41) is 9.63. The van der Waals surface area contributed by atoms with Gasteiger partial charge in [0.15, 0.2) is 0 Å². The molecule has 17 heavy (non-hydrogen) atoms. The van der Waals surface area contributed by atoms with Crippen LogP contribution in [0, 0.1) is 5.41 Å². The molecular formula is C12H20N4O. The standard InChI is InChI=1S/C12H20N4O/c1-3-5-9-14-10(16-15-9)11(17)13-8-12(2)6-4-7-12/h3-8H2,1-2H3,(H,13,17)(H,14,15,16). The van der Waals surface area contributed by atoms with Crippen LogP contribution >= 0.6 is 0 Å². The Bertz CT molecular complexity index is 395. The molecule has 1 heterocycles. The average Bonchev–Trinajstić information content (AvgIpc) is 2.72. The number of nitrogens with zero attached hydrogens (tertiary/aromatic N) is 2. The Morgan fingerprint density at radius 2 is 2.29 bits per heavy atom. The Kier molecular flexibility index (Phi) is 3.45. The summed E-state index contributed by atoms with van der Waals surface area (Å²) in [6.45, 7) is 5.00. The molecule has 1 saturated carbocycles. The van der Waals surface area contributed by atoms with Gasteiger partial charge in [0.2, 0.25) is 5.82 Å². The number of H-pyrrole nitrogens is 1. The summed E-state index contributed by atoms with van der Waals surface area (Å²) < 4.78 is 0. The van der Waals surface area contributed by atoms with E-state index in [4.69, 9.17) is 0 Å². The lowest BCUT2D eigenvalue weighted by atomic mass is 9.70. The molecule has 1 amide bonds. The van der Waals surface area contributed by atoms with Crippen molar-refractivity contribution in [2.75, 3.05) is 6.54 Å². The van der Waals surface area contributed by atoms with Crippen molar-refractivity contribution in [3.05, 3.63) is 11.6 Å². The van der Waals surface area contributed by atoms with E-state index in [2.05, 4.69) is 34.3 Å². The van der Waals surface area contributed by atoms with Crippen LogP contribution in [0.5, 0.6) is 0 Å². The fourth-order valence-electron chi connectivity index (χ4n) is 2.08. The Labute approximate surface area is 101 Å². The maximum atomic E-state index is 11.8. The fourth-order valence-corrected chi connectivity index (χ4v) is 2.08. The van der Waals surface area contributed by atoms with Crippen LogP contribution in [0.4, 0.5) is 0 Å². The predicted octanol–water partition coefficient (Wildman–Crippen LogP) is 1.68. The number of carbonyl (C=O) groups excluding carboxylic acids is 1. The zero-order valence-corrected chi connectivity index (χ0v) is 10.5. The minimum Gasteiger partial charge on any atom is -0.349 e. The molecule has 1 aliphatic carbocycles. The quantitative estimate of drug-likeness (QED) is 0.817. The molecule has 1 aromatic rings. The summed E-state index contributed by atoms with van der Waals surface area (Å²) in [6, 6.07) is 0. The van der Waals surface area contributed by atoms with Crippen LogP contribution in [0.3, 0.4) is 0 Å². The maximum absolute atomic E-state index is 11.8. The zero-order valence-electron chi connectivity index (χ0n) is 10.5. The first kappa shape index (κ1) is 12.1. The van der Waals surface area contributed by atoms with Crippen molar-refractivity contribution in [2.24, 2.45) is 5.41 Å². The number of carbonyl (C=O) groups is 1. The largest absolute Gasteiger partial charge is 0.349 e. The molecule has 0 spiro atoms. The monoisotopic (exact) mass is 236 g/mol. The van der Waals surface area contributed by atoms with Crippen molar-refractivity contribution in [1.82, 2.24) is 20.5 Å². The summed E-state index contributed by atoms with van der Waals surface area (Å²) in [5.74, 6) is 0.876. The number of amides is 1. The number of aromatic nitrogens is 3. The van der Waals surface area contributed by atoms with Gasteiger partial charge in [0.05, 0.1) is 0 Å². The minimum atomic E-state index is -0.170. The summed E-state index contributed by atoms with van der Waals surface area (Å²) in [7, 11) is 0. The second-order valence-corrected chi connectivity index (χ2v) is 5.20. The van der Waals surface area contributed by atoms with Gasteiger partial charge in [-0.1, -0.05) is 20.3 Å².